The van der Waals surface area contributed by atoms with Crippen molar-refractivity contribution in [1.82, 2.24) is 25.1 Å². The van der Waals surface area contributed by atoms with Gasteiger partial charge in [0.2, 0.25) is 5.91 Å². The molecule has 1 atom stereocenters. The van der Waals surface area contributed by atoms with Gasteiger partial charge < -0.3 is 5.32 Å². The van der Waals surface area contributed by atoms with Gasteiger partial charge in [-0.15, -0.1) is 0 Å². The van der Waals surface area contributed by atoms with Gasteiger partial charge in [0.1, 0.15) is 11.9 Å². The van der Waals surface area contributed by atoms with Crippen molar-refractivity contribution in [2.24, 2.45) is 0 Å². The predicted octanol–water partition coefficient (Wildman–Crippen LogP) is 1.60. The van der Waals surface area contributed by atoms with Crippen LogP contribution in [-0.2, 0) is 11.2 Å². The van der Waals surface area contributed by atoms with Gasteiger partial charge in [-0.25, -0.2) is 9.97 Å². The Morgan fingerprint density at radius 2 is 2.05 bits per heavy atom. The highest BCUT2D eigenvalue weighted by atomic mass is 16.2. The van der Waals surface area contributed by atoms with Crippen LogP contribution in [0.4, 0.5) is 0 Å². The number of carbonyl (C=O) groups excluding carboxylic acids is 1. The molecule has 0 saturated heterocycles. The number of aryl methyl sites for hydroxylation is 2. The van der Waals surface area contributed by atoms with Crippen molar-refractivity contribution >= 4 is 5.91 Å². The fourth-order valence-corrected chi connectivity index (χ4v) is 2.28. The van der Waals surface area contributed by atoms with E-state index in [0.29, 0.717) is 19.4 Å². The maximum absolute atomic E-state index is 12.2. The molecule has 112 valence electrons. The van der Waals surface area contributed by atoms with Gasteiger partial charge in [0, 0.05) is 36.7 Å². The SMILES string of the molecule is CC[C@@H](C(=O)NCCc1nc(C)cc(C)n1)n1cccn1. The lowest BCUT2D eigenvalue weighted by molar-refractivity contribution is -0.124. The lowest BCUT2D eigenvalue weighted by Crippen LogP contribution is -2.34. The van der Waals surface area contributed by atoms with Crippen LogP contribution < -0.4 is 5.32 Å². The number of hydrogen-bond acceptors (Lipinski definition) is 4. The van der Waals surface area contributed by atoms with Crippen LogP contribution in [0.5, 0.6) is 0 Å². The van der Waals surface area contributed by atoms with E-state index in [2.05, 4.69) is 20.4 Å². The van der Waals surface area contributed by atoms with Crippen molar-refractivity contribution in [2.75, 3.05) is 6.54 Å². The minimum Gasteiger partial charge on any atom is -0.354 e. The minimum absolute atomic E-state index is 0.0226. The number of hydrogen-bond donors (Lipinski definition) is 1. The monoisotopic (exact) mass is 287 g/mol. The molecule has 21 heavy (non-hydrogen) atoms. The summed E-state index contributed by atoms with van der Waals surface area (Å²) in [5, 5.41) is 7.06. The Hall–Kier alpha value is -2.24. The Kier molecular flexibility index (Phi) is 5.03. The van der Waals surface area contributed by atoms with E-state index in [1.807, 2.05) is 32.9 Å². The van der Waals surface area contributed by atoms with E-state index < -0.39 is 0 Å². The van der Waals surface area contributed by atoms with E-state index in [1.54, 1.807) is 17.1 Å². The molecular formula is C15H21N5O. The molecule has 0 aliphatic heterocycles. The number of aromatic nitrogens is 4. The Labute approximate surface area is 124 Å². The zero-order valence-corrected chi connectivity index (χ0v) is 12.7. The van der Waals surface area contributed by atoms with E-state index in [1.165, 1.54) is 0 Å². The zero-order valence-electron chi connectivity index (χ0n) is 12.7. The molecule has 2 heterocycles. The lowest BCUT2D eigenvalue weighted by Gasteiger charge is -2.15. The molecular weight excluding hydrogens is 266 g/mol. The fraction of sp³-hybridized carbons (Fsp3) is 0.467. The van der Waals surface area contributed by atoms with Crippen LogP contribution in [0, 0.1) is 13.8 Å². The van der Waals surface area contributed by atoms with Gasteiger partial charge in [-0.2, -0.15) is 5.10 Å². The average Bonchev–Trinajstić information content (AvgIpc) is 2.92. The molecule has 1 N–H and O–H groups in total. The molecule has 0 aliphatic carbocycles. The third kappa shape index (κ3) is 4.11. The summed E-state index contributed by atoms with van der Waals surface area (Å²) in [5.41, 5.74) is 1.90. The fourth-order valence-electron chi connectivity index (χ4n) is 2.28. The summed E-state index contributed by atoms with van der Waals surface area (Å²) in [6.07, 6.45) is 4.82. The number of carbonyl (C=O) groups is 1. The number of amides is 1. The molecule has 0 aliphatic rings. The molecule has 2 aromatic rings. The van der Waals surface area contributed by atoms with Crippen molar-refractivity contribution in [3.05, 3.63) is 41.7 Å². The summed E-state index contributed by atoms with van der Waals surface area (Å²) in [6.45, 7) is 6.39. The summed E-state index contributed by atoms with van der Waals surface area (Å²) in [5.74, 6) is 0.741. The smallest absolute Gasteiger partial charge is 0.244 e. The molecule has 1 amide bonds. The molecule has 0 fully saturated rings. The largest absolute Gasteiger partial charge is 0.354 e. The van der Waals surface area contributed by atoms with Crippen LogP contribution in [0.2, 0.25) is 0 Å². The Morgan fingerprint density at radius 3 is 2.62 bits per heavy atom. The van der Waals surface area contributed by atoms with Crippen LogP contribution in [0.1, 0.15) is 36.6 Å². The standard InChI is InChI=1S/C15H21N5O/c1-4-13(20-9-5-7-17-20)15(21)16-8-6-14-18-11(2)10-12(3)19-14/h5,7,9-10,13H,4,6,8H2,1-3H3,(H,16,21)/t13-/m0/s1. The van der Waals surface area contributed by atoms with E-state index >= 15 is 0 Å². The second kappa shape index (κ2) is 6.97. The summed E-state index contributed by atoms with van der Waals surface area (Å²) in [4.78, 5) is 20.9. The first-order chi connectivity index (χ1) is 10.1. The quantitative estimate of drug-likeness (QED) is 0.876. The van der Waals surface area contributed by atoms with E-state index in [-0.39, 0.29) is 11.9 Å². The maximum atomic E-state index is 12.2. The van der Waals surface area contributed by atoms with E-state index in [9.17, 15) is 4.79 Å². The van der Waals surface area contributed by atoms with E-state index in [0.717, 1.165) is 17.2 Å². The van der Waals surface area contributed by atoms with Crippen molar-refractivity contribution in [3.63, 3.8) is 0 Å². The van der Waals surface area contributed by atoms with Crippen LogP contribution >= 0.6 is 0 Å². The minimum atomic E-state index is -0.264. The maximum Gasteiger partial charge on any atom is 0.244 e. The van der Waals surface area contributed by atoms with E-state index in [4.69, 9.17) is 0 Å². The first-order valence-corrected chi connectivity index (χ1v) is 7.18. The molecule has 0 spiro atoms. The van der Waals surface area contributed by atoms with Crippen LogP contribution in [0.3, 0.4) is 0 Å². The summed E-state index contributed by atoms with van der Waals surface area (Å²) >= 11 is 0. The van der Waals surface area contributed by atoms with Crippen molar-refractivity contribution in [2.45, 2.75) is 39.7 Å². The number of nitrogens with one attached hydrogen (secondary N) is 1. The highest BCUT2D eigenvalue weighted by molar-refractivity contribution is 5.80. The van der Waals surface area contributed by atoms with Gasteiger partial charge in [-0.3, -0.25) is 9.48 Å². The molecule has 2 rings (SSSR count). The van der Waals surface area contributed by atoms with Gasteiger partial charge in [0.05, 0.1) is 0 Å². The van der Waals surface area contributed by atoms with Crippen LogP contribution in [0.25, 0.3) is 0 Å². The Morgan fingerprint density at radius 1 is 1.33 bits per heavy atom. The van der Waals surface area contributed by atoms with Crippen LogP contribution in [0.15, 0.2) is 24.5 Å². The van der Waals surface area contributed by atoms with Gasteiger partial charge >= 0.3 is 0 Å². The van der Waals surface area contributed by atoms with Crippen molar-refractivity contribution in [3.8, 4) is 0 Å². The first-order valence-electron chi connectivity index (χ1n) is 7.18. The molecule has 0 bridgehead atoms. The lowest BCUT2D eigenvalue weighted by atomic mass is 10.2. The van der Waals surface area contributed by atoms with Gasteiger partial charge in [0.25, 0.3) is 0 Å². The summed E-state index contributed by atoms with van der Waals surface area (Å²) in [7, 11) is 0. The number of rotatable bonds is 6. The summed E-state index contributed by atoms with van der Waals surface area (Å²) < 4.78 is 1.68. The first kappa shape index (κ1) is 15.2. The highest BCUT2D eigenvalue weighted by Gasteiger charge is 2.17. The third-order valence-electron chi connectivity index (χ3n) is 3.21. The Balaban J connectivity index is 1.89. The van der Waals surface area contributed by atoms with Gasteiger partial charge in [0.15, 0.2) is 0 Å². The van der Waals surface area contributed by atoms with Crippen molar-refractivity contribution < 1.29 is 4.79 Å². The predicted molar refractivity (Wildman–Crippen MR) is 79.8 cm³/mol. The third-order valence-corrected chi connectivity index (χ3v) is 3.21. The van der Waals surface area contributed by atoms with Crippen LogP contribution in [-0.4, -0.2) is 32.2 Å². The topological polar surface area (TPSA) is 72.7 Å². The zero-order chi connectivity index (χ0) is 15.2. The molecule has 2 aromatic heterocycles. The number of nitrogens with zero attached hydrogens (tertiary/aromatic N) is 4. The Bertz CT molecular complexity index is 574. The molecule has 0 radical (unpaired) electrons. The molecule has 6 nitrogen and oxygen atoms in total. The normalized spacial score (nSPS) is 12.1. The van der Waals surface area contributed by atoms with Crippen molar-refractivity contribution in [1.29, 1.82) is 0 Å². The summed E-state index contributed by atoms with van der Waals surface area (Å²) in [6, 6.07) is 3.49. The molecule has 6 heteroatoms. The second-order valence-electron chi connectivity index (χ2n) is 5.02. The molecule has 0 saturated carbocycles. The second-order valence-corrected chi connectivity index (χ2v) is 5.02. The molecule has 0 unspecified atom stereocenters. The average molecular weight is 287 g/mol. The van der Waals surface area contributed by atoms with Gasteiger partial charge in [-0.1, -0.05) is 6.92 Å². The molecule has 0 aromatic carbocycles. The van der Waals surface area contributed by atoms with Gasteiger partial charge in [-0.05, 0) is 32.4 Å². The highest BCUT2D eigenvalue weighted by Crippen LogP contribution is 2.09.